The molecule has 5 heteroatoms. The van der Waals surface area contributed by atoms with Gasteiger partial charge < -0.3 is 5.32 Å². The van der Waals surface area contributed by atoms with Gasteiger partial charge in [0.1, 0.15) is 0 Å². The van der Waals surface area contributed by atoms with E-state index in [1.54, 1.807) is 0 Å². The van der Waals surface area contributed by atoms with E-state index in [2.05, 4.69) is 20.8 Å². The fourth-order valence-corrected chi connectivity index (χ4v) is 1.63. The second-order valence-electron chi connectivity index (χ2n) is 3.83. The summed E-state index contributed by atoms with van der Waals surface area (Å²) in [5.41, 5.74) is 4.87. The molecule has 1 aliphatic rings. The Bertz CT molecular complexity index is 436. The molecule has 1 aromatic rings. The van der Waals surface area contributed by atoms with Crippen LogP contribution < -0.4 is 10.7 Å². The van der Waals surface area contributed by atoms with E-state index in [1.165, 1.54) is 0 Å². The number of guanidine groups is 1. The van der Waals surface area contributed by atoms with E-state index in [9.17, 15) is 0 Å². The number of halogens is 1. The van der Waals surface area contributed by atoms with Crippen molar-refractivity contribution < 1.29 is 0 Å². The number of aliphatic imine (C=N–C) groups is 1. The van der Waals surface area contributed by atoms with Crippen molar-refractivity contribution in [2.75, 3.05) is 13.1 Å². The lowest BCUT2D eigenvalue weighted by Gasteiger charge is -2.13. The van der Waals surface area contributed by atoms with Crippen LogP contribution in [-0.4, -0.2) is 24.8 Å². The summed E-state index contributed by atoms with van der Waals surface area (Å²) in [5, 5.41) is 8.15. The number of hydrogen-bond donors (Lipinski definition) is 2. The second kappa shape index (κ2) is 5.68. The normalized spacial score (nSPS) is 16.1. The van der Waals surface area contributed by atoms with Gasteiger partial charge in [0, 0.05) is 18.1 Å². The van der Waals surface area contributed by atoms with E-state index in [-0.39, 0.29) is 0 Å². The number of hydrogen-bond acceptors (Lipinski definition) is 4. The first-order valence-corrected chi connectivity index (χ1v) is 5.98. The highest BCUT2D eigenvalue weighted by Crippen LogP contribution is 2.09. The minimum absolute atomic E-state index is 0.729. The molecule has 0 fully saturated rings. The summed E-state index contributed by atoms with van der Waals surface area (Å²) >= 11 is 5.83. The Labute approximate surface area is 106 Å². The zero-order valence-electron chi connectivity index (χ0n) is 9.70. The average Bonchev–Trinajstić information content (AvgIpc) is 2.38. The topological polar surface area (TPSA) is 48.8 Å². The third-order valence-electron chi connectivity index (χ3n) is 2.49. The molecule has 0 amide bonds. The monoisotopic (exact) mass is 250 g/mol. The summed E-state index contributed by atoms with van der Waals surface area (Å²) in [7, 11) is 0. The van der Waals surface area contributed by atoms with Gasteiger partial charge in [-0.3, -0.25) is 4.99 Å². The highest BCUT2D eigenvalue weighted by atomic mass is 35.5. The van der Waals surface area contributed by atoms with Crippen molar-refractivity contribution in [3.63, 3.8) is 0 Å². The van der Waals surface area contributed by atoms with Crippen LogP contribution in [0.2, 0.25) is 5.02 Å². The van der Waals surface area contributed by atoms with Gasteiger partial charge in [-0.1, -0.05) is 23.7 Å². The third kappa shape index (κ3) is 3.46. The predicted octanol–water partition coefficient (Wildman–Crippen LogP) is 2.00. The fraction of sp³-hybridized carbons (Fsp3) is 0.333. The van der Waals surface area contributed by atoms with Crippen molar-refractivity contribution in [1.29, 1.82) is 0 Å². The van der Waals surface area contributed by atoms with E-state index in [4.69, 9.17) is 11.6 Å². The first kappa shape index (κ1) is 11.9. The summed E-state index contributed by atoms with van der Waals surface area (Å²) in [6.45, 7) is 3.74. The SMILES string of the molecule is C/C(=N\NC1=NCCCN1)c1ccc(Cl)cc1. The molecule has 0 saturated heterocycles. The lowest BCUT2D eigenvalue weighted by Crippen LogP contribution is -2.38. The van der Waals surface area contributed by atoms with Gasteiger partial charge in [0.05, 0.1) is 5.71 Å². The van der Waals surface area contributed by atoms with Crippen LogP contribution in [0.4, 0.5) is 0 Å². The molecule has 1 aliphatic heterocycles. The third-order valence-corrected chi connectivity index (χ3v) is 2.74. The minimum Gasteiger partial charge on any atom is -0.355 e. The Morgan fingerprint density at radius 2 is 2.18 bits per heavy atom. The van der Waals surface area contributed by atoms with Crippen LogP contribution in [0.5, 0.6) is 0 Å². The number of nitrogens with one attached hydrogen (secondary N) is 2. The van der Waals surface area contributed by atoms with Gasteiger partial charge in [0.15, 0.2) is 0 Å². The lowest BCUT2D eigenvalue weighted by molar-refractivity contribution is 0.711. The maximum atomic E-state index is 5.83. The van der Waals surface area contributed by atoms with E-state index in [0.29, 0.717) is 0 Å². The molecule has 2 N–H and O–H groups in total. The van der Waals surface area contributed by atoms with Crippen molar-refractivity contribution in [2.45, 2.75) is 13.3 Å². The van der Waals surface area contributed by atoms with Gasteiger partial charge in [-0.2, -0.15) is 5.10 Å². The smallest absolute Gasteiger partial charge is 0.212 e. The Balaban J connectivity index is 2.01. The van der Waals surface area contributed by atoms with Crippen LogP contribution in [0.3, 0.4) is 0 Å². The first-order chi connectivity index (χ1) is 8.25. The quantitative estimate of drug-likeness (QED) is 0.623. The van der Waals surface area contributed by atoms with Crippen molar-refractivity contribution >= 4 is 23.3 Å². The summed E-state index contributed by atoms with van der Waals surface area (Å²) in [4.78, 5) is 4.28. The van der Waals surface area contributed by atoms with Crippen LogP contribution in [-0.2, 0) is 0 Å². The highest BCUT2D eigenvalue weighted by molar-refractivity contribution is 6.30. The van der Waals surface area contributed by atoms with Gasteiger partial charge in [-0.15, -0.1) is 0 Å². The molecule has 0 aromatic heterocycles. The first-order valence-electron chi connectivity index (χ1n) is 5.60. The average molecular weight is 251 g/mol. The molecule has 1 heterocycles. The van der Waals surface area contributed by atoms with E-state index in [1.807, 2.05) is 31.2 Å². The van der Waals surface area contributed by atoms with Gasteiger partial charge in [-0.25, -0.2) is 5.43 Å². The van der Waals surface area contributed by atoms with Crippen LogP contribution in [0.25, 0.3) is 0 Å². The molecule has 0 radical (unpaired) electrons. The van der Waals surface area contributed by atoms with Gasteiger partial charge in [0.25, 0.3) is 0 Å². The number of benzene rings is 1. The summed E-state index contributed by atoms with van der Waals surface area (Å²) in [6, 6.07) is 7.59. The van der Waals surface area contributed by atoms with Gasteiger partial charge in [-0.05, 0) is 31.0 Å². The largest absolute Gasteiger partial charge is 0.355 e. The van der Waals surface area contributed by atoms with Crippen LogP contribution in [0, 0.1) is 0 Å². The Morgan fingerprint density at radius 1 is 1.41 bits per heavy atom. The van der Waals surface area contributed by atoms with Crippen LogP contribution in [0.15, 0.2) is 34.4 Å². The maximum absolute atomic E-state index is 5.83. The molecule has 0 atom stereocenters. The number of hydrazone groups is 1. The molecular weight excluding hydrogens is 236 g/mol. The molecule has 0 spiro atoms. The molecule has 2 rings (SSSR count). The fourth-order valence-electron chi connectivity index (χ4n) is 1.50. The standard InChI is InChI=1S/C12H15ClN4/c1-9(10-3-5-11(13)6-4-10)16-17-12-14-7-2-8-15-12/h3-6H,2,7-8H2,1H3,(H2,14,15,17)/b16-9+. The Kier molecular flexibility index (Phi) is 3.98. The lowest BCUT2D eigenvalue weighted by atomic mass is 10.1. The van der Waals surface area contributed by atoms with Crippen molar-refractivity contribution in [2.24, 2.45) is 10.1 Å². The zero-order chi connectivity index (χ0) is 12.1. The zero-order valence-corrected chi connectivity index (χ0v) is 10.5. The van der Waals surface area contributed by atoms with E-state index in [0.717, 1.165) is 41.8 Å². The van der Waals surface area contributed by atoms with Gasteiger partial charge >= 0.3 is 0 Å². The van der Waals surface area contributed by atoms with E-state index >= 15 is 0 Å². The number of nitrogens with zero attached hydrogens (tertiary/aromatic N) is 2. The summed E-state index contributed by atoms with van der Waals surface area (Å²) in [5.74, 6) is 0.740. The molecule has 0 saturated carbocycles. The van der Waals surface area contributed by atoms with Crippen molar-refractivity contribution in [3.8, 4) is 0 Å². The van der Waals surface area contributed by atoms with Crippen LogP contribution in [0.1, 0.15) is 18.9 Å². The molecule has 17 heavy (non-hydrogen) atoms. The van der Waals surface area contributed by atoms with Crippen molar-refractivity contribution in [1.82, 2.24) is 10.7 Å². The molecule has 0 aliphatic carbocycles. The molecule has 0 unspecified atom stereocenters. The maximum Gasteiger partial charge on any atom is 0.212 e. The summed E-state index contributed by atoms with van der Waals surface area (Å²) < 4.78 is 0. The second-order valence-corrected chi connectivity index (χ2v) is 4.26. The minimum atomic E-state index is 0.729. The molecule has 0 bridgehead atoms. The molecule has 1 aromatic carbocycles. The van der Waals surface area contributed by atoms with E-state index < -0.39 is 0 Å². The summed E-state index contributed by atoms with van der Waals surface area (Å²) in [6.07, 6.45) is 1.07. The van der Waals surface area contributed by atoms with Crippen molar-refractivity contribution in [3.05, 3.63) is 34.9 Å². The molecule has 4 nitrogen and oxygen atoms in total. The Hall–Kier alpha value is -1.55. The molecule has 90 valence electrons. The van der Waals surface area contributed by atoms with Crippen LogP contribution >= 0.6 is 11.6 Å². The highest BCUT2D eigenvalue weighted by Gasteiger charge is 2.02. The predicted molar refractivity (Wildman–Crippen MR) is 71.7 cm³/mol. The Morgan fingerprint density at radius 3 is 2.82 bits per heavy atom. The van der Waals surface area contributed by atoms with Gasteiger partial charge in [0.2, 0.25) is 5.96 Å². The number of rotatable bonds is 2. The molecular formula is C12H15ClN4.